The molecule has 1 saturated heterocycles. The summed E-state index contributed by atoms with van der Waals surface area (Å²) in [5.74, 6) is -0.0362. The van der Waals surface area contributed by atoms with Gasteiger partial charge < -0.3 is 20.1 Å². The van der Waals surface area contributed by atoms with E-state index in [1.807, 2.05) is 6.92 Å². The first-order chi connectivity index (χ1) is 8.63. The molecule has 1 amide bonds. The molecular weight excluding hydrogens is 268 g/mol. The molecule has 1 unspecified atom stereocenters. The van der Waals surface area contributed by atoms with Crippen LogP contribution in [0.4, 0.5) is 0 Å². The molecule has 5 nitrogen and oxygen atoms in total. The standard InChI is InChI=1S/C13H26N2O3.ClH/c1-4-18-11(2)12(16)15-9-13(10-17-3)5-7-14-8-6-13;/h11,14H,4-10H2,1-3H3,(H,15,16);1H. The van der Waals surface area contributed by atoms with Gasteiger partial charge in [0.05, 0.1) is 6.61 Å². The minimum Gasteiger partial charge on any atom is -0.384 e. The predicted molar refractivity (Wildman–Crippen MR) is 77.8 cm³/mol. The Labute approximate surface area is 122 Å². The number of hydrogen-bond acceptors (Lipinski definition) is 4. The summed E-state index contributed by atoms with van der Waals surface area (Å²) in [4.78, 5) is 11.8. The van der Waals surface area contributed by atoms with Gasteiger partial charge in [-0.1, -0.05) is 0 Å². The SMILES string of the molecule is CCOC(C)C(=O)NCC1(COC)CCNCC1.Cl. The quantitative estimate of drug-likeness (QED) is 0.734. The second-order valence-corrected chi connectivity index (χ2v) is 5.00. The maximum absolute atomic E-state index is 11.8. The lowest BCUT2D eigenvalue weighted by atomic mass is 9.79. The van der Waals surface area contributed by atoms with Gasteiger partial charge in [0, 0.05) is 25.7 Å². The molecule has 1 aliphatic rings. The average molecular weight is 295 g/mol. The molecule has 114 valence electrons. The Balaban J connectivity index is 0.00000324. The number of nitrogens with one attached hydrogen (secondary N) is 2. The van der Waals surface area contributed by atoms with Crippen molar-refractivity contribution in [3.63, 3.8) is 0 Å². The molecule has 0 bridgehead atoms. The van der Waals surface area contributed by atoms with Gasteiger partial charge in [0.1, 0.15) is 6.10 Å². The highest BCUT2D eigenvalue weighted by atomic mass is 35.5. The number of amides is 1. The number of rotatable bonds is 7. The molecule has 2 N–H and O–H groups in total. The van der Waals surface area contributed by atoms with Crippen molar-refractivity contribution in [2.45, 2.75) is 32.8 Å². The predicted octanol–water partition coefficient (Wildman–Crippen LogP) is 0.966. The molecule has 0 spiro atoms. The van der Waals surface area contributed by atoms with Crippen molar-refractivity contribution in [1.29, 1.82) is 0 Å². The van der Waals surface area contributed by atoms with E-state index < -0.39 is 0 Å². The van der Waals surface area contributed by atoms with Crippen molar-refractivity contribution < 1.29 is 14.3 Å². The van der Waals surface area contributed by atoms with E-state index in [-0.39, 0.29) is 29.8 Å². The fourth-order valence-electron chi connectivity index (χ4n) is 2.38. The molecule has 0 aliphatic carbocycles. The van der Waals surface area contributed by atoms with E-state index >= 15 is 0 Å². The summed E-state index contributed by atoms with van der Waals surface area (Å²) < 4.78 is 10.6. The van der Waals surface area contributed by atoms with Gasteiger partial charge in [0.2, 0.25) is 5.91 Å². The fraction of sp³-hybridized carbons (Fsp3) is 0.923. The molecule has 1 rings (SSSR count). The number of halogens is 1. The summed E-state index contributed by atoms with van der Waals surface area (Å²) in [5, 5.41) is 6.33. The Hall–Kier alpha value is -0.360. The fourth-order valence-corrected chi connectivity index (χ4v) is 2.38. The third-order valence-corrected chi connectivity index (χ3v) is 3.54. The second-order valence-electron chi connectivity index (χ2n) is 5.00. The summed E-state index contributed by atoms with van der Waals surface area (Å²) >= 11 is 0. The first-order valence-electron chi connectivity index (χ1n) is 6.72. The zero-order chi connectivity index (χ0) is 13.4. The summed E-state index contributed by atoms with van der Waals surface area (Å²) in [6.07, 6.45) is 1.69. The van der Waals surface area contributed by atoms with Crippen LogP contribution in [-0.2, 0) is 14.3 Å². The molecule has 0 radical (unpaired) electrons. The van der Waals surface area contributed by atoms with E-state index in [9.17, 15) is 4.79 Å². The van der Waals surface area contributed by atoms with Crippen LogP contribution in [0.3, 0.4) is 0 Å². The van der Waals surface area contributed by atoms with Crippen LogP contribution in [-0.4, -0.2) is 52.0 Å². The Morgan fingerprint density at radius 3 is 2.58 bits per heavy atom. The van der Waals surface area contributed by atoms with Crippen LogP contribution >= 0.6 is 12.4 Å². The van der Waals surface area contributed by atoms with E-state index in [1.54, 1.807) is 14.0 Å². The highest BCUT2D eigenvalue weighted by molar-refractivity contribution is 5.85. The van der Waals surface area contributed by atoms with Gasteiger partial charge >= 0.3 is 0 Å². The smallest absolute Gasteiger partial charge is 0.248 e. The van der Waals surface area contributed by atoms with Crippen LogP contribution in [0.1, 0.15) is 26.7 Å². The molecule has 1 fully saturated rings. The lowest BCUT2D eigenvalue weighted by Crippen LogP contribution is -2.48. The summed E-state index contributed by atoms with van der Waals surface area (Å²) in [5.41, 5.74) is 0.0710. The molecule has 1 heterocycles. The molecule has 0 aromatic rings. The number of carbonyl (C=O) groups excluding carboxylic acids is 1. The number of ether oxygens (including phenoxy) is 2. The molecule has 0 saturated carbocycles. The lowest BCUT2D eigenvalue weighted by molar-refractivity contribution is -0.132. The van der Waals surface area contributed by atoms with E-state index in [4.69, 9.17) is 9.47 Å². The van der Waals surface area contributed by atoms with Gasteiger partial charge in [0.25, 0.3) is 0 Å². The third kappa shape index (κ3) is 6.08. The number of methoxy groups -OCH3 is 1. The van der Waals surface area contributed by atoms with E-state index in [0.29, 0.717) is 19.8 Å². The zero-order valence-electron chi connectivity index (χ0n) is 12.2. The van der Waals surface area contributed by atoms with E-state index in [2.05, 4.69) is 10.6 Å². The van der Waals surface area contributed by atoms with Gasteiger partial charge in [-0.05, 0) is 39.8 Å². The van der Waals surface area contributed by atoms with Crippen molar-refractivity contribution >= 4 is 18.3 Å². The van der Waals surface area contributed by atoms with Gasteiger partial charge in [-0.2, -0.15) is 0 Å². The second kappa shape index (κ2) is 9.53. The Bertz CT molecular complexity index is 253. The topological polar surface area (TPSA) is 59.6 Å². The van der Waals surface area contributed by atoms with Crippen molar-refractivity contribution in [1.82, 2.24) is 10.6 Å². The van der Waals surface area contributed by atoms with Crippen LogP contribution in [0.15, 0.2) is 0 Å². The van der Waals surface area contributed by atoms with Gasteiger partial charge in [0.15, 0.2) is 0 Å². The highest BCUT2D eigenvalue weighted by Crippen LogP contribution is 2.28. The molecule has 1 atom stereocenters. The molecule has 19 heavy (non-hydrogen) atoms. The minimum absolute atomic E-state index is 0. The summed E-state index contributed by atoms with van der Waals surface area (Å²) in [6.45, 7) is 7.56. The minimum atomic E-state index is -0.378. The number of hydrogen-bond donors (Lipinski definition) is 2. The van der Waals surface area contributed by atoms with Crippen LogP contribution in [0.2, 0.25) is 0 Å². The lowest BCUT2D eigenvalue weighted by Gasteiger charge is -2.37. The molecule has 0 aromatic carbocycles. The number of carbonyl (C=O) groups is 1. The highest BCUT2D eigenvalue weighted by Gasteiger charge is 2.32. The van der Waals surface area contributed by atoms with Gasteiger partial charge in [-0.3, -0.25) is 4.79 Å². The zero-order valence-corrected chi connectivity index (χ0v) is 13.0. The maximum atomic E-state index is 11.8. The Kier molecular flexibility index (Phi) is 9.35. The van der Waals surface area contributed by atoms with Crippen LogP contribution < -0.4 is 10.6 Å². The van der Waals surface area contributed by atoms with Crippen LogP contribution in [0.25, 0.3) is 0 Å². The normalized spacial score (nSPS) is 19.3. The monoisotopic (exact) mass is 294 g/mol. The van der Waals surface area contributed by atoms with Crippen LogP contribution in [0.5, 0.6) is 0 Å². The van der Waals surface area contributed by atoms with Crippen molar-refractivity contribution in [3.8, 4) is 0 Å². The van der Waals surface area contributed by atoms with Crippen molar-refractivity contribution in [3.05, 3.63) is 0 Å². The summed E-state index contributed by atoms with van der Waals surface area (Å²) in [6, 6.07) is 0. The van der Waals surface area contributed by atoms with Gasteiger partial charge in [-0.15, -0.1) is 12.4 Å². The van der Waals surface area contributed by atoms with E-state index in [1.165, 1.54) is 0 Å². The van der Waals surface area contributed by atoms with E-state index in [0.717, 1.165) is 25.9 Å². The Morgan fingerprint density at radius 2 is 2.05 bits per heavy atom. The van der Waals surface area contributed by atoms with Gasteiger partial charge in [-0.25, -0.2) is 0 Å². The largest absolute Gasteiger partial charge is 0.384 e. The van der Waals surface area contributed by atoms with Crippen molar-refractivity contribution in [2.24, 2.45) is 5.41 Å². The first kappa shape index (κ1) is 18.6. The summed E-state index contributed by atoms with van der Waals surface area (Å²) in [7, 11) is 1.72. The number of piperidine rings is 1. The molecule has 0 aromatic heterocycles. The third-order valence-electron chi connectivity index (χ3n) is 3.54. The first-order valence-corrected chi connectivity index (χ1v) is 6.72. The molecular formula is C13H27ClN2O3. The van der Waals surface area contributed by atoms with Crippen LogP contribution in [0, 0.1) is 5.41 Å². The average Bonchev–Trinajstić information content (AvgIpc) is 2.38. The maximum Gasteiger partial charge on any atom is 0.248 e. The molecule has 6 heteroatoms. The molecule has 1 aliphatic heterocycles. The Morgan fingerprint density at radius 1 is 1.42 bits per heavy atom. The van der Waals surface area contributed by atoms with Crippen molar-refractivity contribution in [2.75, 3.05) is 40.0 Å².